The van der Waals surface area contributed by atoms with Crippen molar-refractivity contribution < 1.29 is 14.0 Å². The van der Waals surface area contributed by atoms with Gasteiger partial charge in [0, 0.05) is 18.4 Å². The Morgan fingerprint density at radius 1 is 1.17 bits per heavy atom. The molecule has 0 atom stereocenters. The molecule has 2 amide bonds. The number of anilines is 2. The second-order valence-electron chi connectivity index (χ2n) is 4.66. The second kappa shape index (κ2) is 7.60. The molecule has 0 bridgehead atoms. The molecule has 7 heteroatoms. The van der Waals surface area contributed by atoms with E-state index in [0.29, 0.717) is 16.9 Å². The maximum atomic E-state index is 13.1. The summed E-state index contributed by atoms with van der Waals surface area (Å²) in [7, 11) is 1.53. The summed E-state index contributed by atoms with van der Waals surface area (Å²) in [5.74, 6) is -1.15. The summed E-state index contributed by atoms with van der Waals surface area (Å²) in [6.45, 7) is -0.0526. The molecule has 0 aromatic heterocycles. The van der Waals surface area contributed by atoms with Crippen molar-refractivity contribution in [1.29, 1.82) is 0 Å². The molecule has 23 heavy (non-hydrogen) atoms. The van der Waals surface area contributed by atoms with E-state index < -0.39 is 5.82 Å². The molecule has 0 spiro atoms. The fourth-order valence-corrected chi connectivity index (χ4v) is 2.11. The largest absolute Gasteiger partial charge is 0.376 e. The van der Waals surface area contributed by atoms with Crippen LogP contribution in [0, 0.1) is 5.82 Å². The van der Waals surface area contributed by atoms with Gasteiger partial charge in [-0.3, -0.25) is 9.59 Å². The quantitative estimate of drug-likeness (QED) is 0.787. The summed E-state index contributed by atoms with van der Waals surface area (Å²) in [6, 6.07) is 10.8. The maximum absolute atomic E-state index is 13.1. The van der Waals surface area contributed by atoms with Crippen LogP contribution in [0.4, 0.5) is 15.8 Å². The van der Waals surface area contributed by atoms with Gasteiger partial charge in [-0.1, -0.05) is 23.7 Å². The van der Waals surface area contributed by atoms with E-state index in [0.717, 1.165) is 0 Å². The highest BCUT2D eigenvalue weighted by atomic mass is 35.5. The fraction of sp³-hybridized carbons (Fsp3) is 0.125. The van der Waals surface area contributed by atoms with Gasteiger partial charge in [0.2, 0.25) is 5.91 Å². The molecule has 5 nitrogen and oxygen atoms in total. The zero-order valence-electron chi connectivity index (χ0n) is 12.3. The third-order valence-electron chi connectivity index (χ3n) is 3.04. The Hall–Kier alpha value is -2.60. The Morgan fingerprint density at radius 3 is 2.61 bits per heavy atom. The van der Waals surface area contributed by atoms with E-state index in [4.69, 9.17) is 11.6 Å². The van der Waals surface area contributed by atoms with Crippen molar-refractivity contribution in [3.63, 3.8) is 0 Å². The SMILES string of the molecule is CNC(=O)c1ccccc1NCC(=O)Nc1ccc(F)c(Cl)c1. The molecule has 120 valence electrons. The van der Waals surface area contributed by atoms with Crippen LogP contribution in [0.1, 0.15) is 10.4 Å². The Balaban J connectivity index is 1.99. The highest BCUT2D eigenvalue weighted by Gasteiger charge is 2.10. The van der Waals surface area contributed by atoms with Crippen LogP contribution in [0.3, 0.4) is 0 Å². The number of carbonyl (C=O) groups is 2. The molecule has 2 aromatic carbocycles. The third-order valence-corrected chi connectivity index (χ3v) is 3.33. The van der Waals surface area contributed by atoms with Gasteiger partial charge in [-0.15, -0.1) is 0 Å². The highest BCUT2D eigenvalue weighted by molar-refractivity contribution is 6.31. The van der Waals surface area contributed by atoms with E-state index in [1.165, 1.54) is 25.2 Å². The van der Waals surface area contributed by atoms with Crippen LogP contribution < -0.4 is 16.0 Å². The van der Waals surface area contributed by atoms with Gasteiger partial charge in [0.25, 0.3) is 5.91 Å². The van der Waals surface area contributed by atoms with Crippen molar-refractivity contribution in [3.8, 4) is 0 Å². The average molecular weight is 336 g/mol. The summed E-state index contributed by atoms with van der Waals surface area (Å²) in [5, 5.41) is 7.95. The highest BCUT2D eigenvalue weighted by Crippen LogP contribution is 2.19. The number of benzene rings is 2. The number of hydrogen-bond donors (Lipinski definition) is 3. The van der Waals surface area contributed by atoms with Gasteiger partial charge >= 0.3 is 0 Å². The molecule has 0 aliphatic rings. The van der Waals surface area contributed by atoms with Gasteiger partial charge in [-0.2, -0.15) is 0 Å². The molecule has 0 aliphatic heterocycles. The van der Waals surface area contributed by atoms with E-state index in [2.05, 4.69) is 16.0 Å². The monoisotopic (exact) mass is 335 g/mol. The minimum absolute atomic E-state index is 0.0526. The summed E-state index contributed by atoms with van der Waals surface area (Å²) in [5.41, 5.74) is 1.37. The number of rotatable bonds is 5. The number of amides is 2. The van der Waals surface area contributed by atoms with E-state index in [-0.39, 0.29) is 23.4 Å². The van der Waals surface area contributed by atoms with Crippen molar-refractivity contribution in [3.05, 3.63) is 58.9 Å². The Kier molecular flexibility index (Phi) is 5.54. The van der Waals surface area contributed by atoms with Crippen molar-refractivity contribution in [2.45, 2.75) is 0 Å². The standard InChI is InChI=1S/C16H15ClFN3O2/c1-19-16(23)11-4-2-3-5-14(11)20-9-15(22)21-10-6-7-13(18)12(17)8-10/h2-8,20H,9H2,1H3,(H,19,23)(H,21,22). The van der Waals surface area contributed by atoms with E-state index in [1.54, 1.807) is 24.3 Å². The van der Waals surface area contributed by atoms with Gasteiger partial charge in [0.05, 0.1) is 17.1 Å². The third kappa shape index (κ3) is 4.43. The normalized spacial score (nSPS) is 10.0. The zero-order chi connectivity index (χ0) is 16.8. The van der Waals surface area contributed by atoms with Gasteiger partial charge < -0.3 is 16.0 Å². The van der Waals surface area contributed by atoms with Gasteiger partial charge in [-0.25, -0.2) is 4.39 Å². The first-order valence-electron chi connectivity index (χ1n) is 6.81. The number of para-hydroxylation sites is 1. The molecule has 0 saturated carbocycles. The van der Waals surface area contributed by atoms with E-state index in [9.17, 15) is 14.0 Å². The van der Waals surface area contributed by atoms with Crippen LogP contribution in [-0.2, 0) is 4.79 Å². The molecule has 0 saturated heterocycles. The second-order valence-corrected chi connectivity index (χ2v) is 5.06. The minimum atomic E-state index is -0.553. The average Bonchev–Trinajstić information content (AvgIpc) is 2.56. The predicted molar refractivity (Wildman–Crippen MR) is 88.4 cm³/mol. The van der Waals surface area contributed by atoms with Crippen LogP contribution in [0.5, 0.6) is 0 Å². The molecule has 0 heterocycles. The summed E-state index contributed by atoms with van der Waals surface area (Å²) in [4.78, 5) is 23.7. The maximum Gasteiger partial charge on any atom is 0.253 e. The van der Waals surface area contributed by atoms with Crippen LogP contribution in [-0.4, -0.2) is 25.4 Å². The van der Waals surface area contributed by atoms with Crippen LogP contribution >= 0.6 is 11.6 Å². The number of hydrogen-bond acceptors (Lipinski definition) is 3. The molecule has 0 unspecified atom stereocenters. The van der Waals surface area contributed by atoms with Crippen LogP contribution in [0.15, 0.2) is 42.5 Å². The summed E-state index contributed by atoms with van der Waals surface area (Å²) >= 11 is 5.66. The predicted octanol–water partition coefficient (Wildman–Crippen LogP) is 2.89. The molecule has 2 aromatic rings. The van der Waals surface area contributed by atoms with Gasteiger partial charge in [0.15, 0.2) is 0 Å². The molecule has 3 N–H and O–H groups in total. The molecule has 0 aliphatic carbocycles. The van der Waals surface area contributed by atoms with Gasteiger partial charge in [-0.05, 0) is 30.3 Å². The zero-order valence-corrected chi connectivity index (χ0v) is 13.1. The Labute approximate surface area is 137 Å². The number of carbonyl (C=O) groups excluding carboxylic acids is 2. The lowest BCUT2D eigenvalue weighted by Crippen LogP contribution is -2.24. The number of halogens is 2. The minimum Gasteiger partial charge on any atom is -0.376 e. The Bertz CT molecular complexity index is 737. The first-order valence-corrected chi connectivity index (χ1v) is 7.19. The molecular formula is C16H15ClFN3O2. The fourth-order valence-electron chi connectivity index (χ4n) is 1.92. The smallest absolute Gasteiger partial charge is 0.253 e. The lowest BCUT2D eigenvalue weighted by atomic mass is 10.1. The molecule has 2 rings (SSSR count). The van der Waals surface area contributed by atoms with E-state index >= 15 is 0 Å². The lowest BCUT2D eigenvalue weighted by Gasteiger charge is -2.11. The van der Waals surface area contributed by atoms with Crippen molar-refractivity contribution in [1.82, 2.24) is 5.32 Å². The van der Waals surface area contributed by atoms with Crippen molar-refractivity contribution in [2.24, 2.45) is 0 Å². The van der Waals surface area contributed by atoms with Crippen LogP contribution in [0.25, 0.3) is 0 Å². The van der Waals surface area contributed by atoms with Crippen molar-refractivity contribution in [2.75, 3.05) is 24.2 Å². The first-order chi connectivity index (χ1) is 11.0. The first kappa shape index (κ1) is 16.8. The lowest BCUT2D eigenvalue weighted by molar-refractivity contribution is -0.114. The van der Waals surface area contributed by atoms with E-state index in [1.807, 2.05) is 0 Å². The molecule has 0 fully saturated rings. The molecular weight excluding hydrogens is 321 g/mol. The summed E-state index contributed by atoms with van der Waals surface area (Å²) in [6.07, 6.45) is 0. The van der Waals surface area contributed by atoms with Gasteiger partial charge in [0.1, 0.15) is 5.82 Å². The summed E-state index contributed by atoms with van der Waals surface area (Å²) < 4.78 is 13.1. The molecule has 0 radical (unpaired) electrons. The van der Waals surface area contributed by atoms with Crippen molar-refractivity contribution >= 4 is 34.8 Å². The Morgan fingerprint density at radius 2 is 1.91 bits per heavy atom. The number of nitrogens with one attached hydrogen (secondary N) is 3. The van der Waals surface area contributed by atoms with Crippen LogP contribution in [0.2, 0.25) is 5.02 Å². The topological polar surface area (TPSA) is 70.2 Å².